The normalized spacial score (nSPS) is 10.5. The van der Waals surface area contributed by atoms with Gasteiger partial charge >= 0.3 is 0 Å². The van der Waals surface area contributed by atoms with Crippen LogP contribution in [0.2, 0.25) is 0 Å². The number of hydroxylamine groups is 1. The number of benzene rings is 2. The molecule has 0 atom stereocenters. The molecular formula is C20H24N2O2. The third kappa shape index (κ3) is 6.77. The van der Waals surface area contributed by atoms with Crippen LogP contribution in [0.15, 0.2) is 73.3 Å². The summed E-state index contributed by atoms with van der Waals surface area (Å²) in [4.78, 5) is 19.3. The summed E-state index contributed by atoms with van der Waals surface area (Å²) in [6.45, 7) is 5.86. The molecule has 0 saturated carbocycles. The number of carbonyl (C=O) groups is 1. The average molecular weight is 324 g/mol. The van der Waals surface area contributed by atoms with E-state index in [1.165, 1.54) is 5.56 Å². The van der Waals surface area contributed by atoms with Crippen LogP contribution >= 0.6 is 0 Å². The Balaban J connectivity index is 1.72. The average Bonchev–Trinajstić information content (AvgIpc) is 2.62. The summed E-state index contributed by atoms with van der Waals surface area (Å²) in [7, 11) is 0. The van der Waals surface area contributed by atoms with Gasteiger partial charge in [-0.05, 0) is 17.5 Å². The summed E-state index contributed by atoms with van der Waals surface area (Å²) in [5, 5.41) is 0. The van der Waals surface area contributed by atoms with Crippen molar-refractivity contribution >= 4 is 5.91 Å². The molecule has 4 heteroatoms. The van der Waals surface area contributed by atoms with E-state index in [9.17, 15) is 4.79 Å². The van der Waals surface area contributed by atoms with Crippen molar-refractivity contribution in [1.82, 2.24) is 10.4 Å². The fraction of sp³-hybridized carbons (Fsp3) is 0.250. The van der Waals surface area contributed by atoms with Crippen molar-refractivity contribution in [1.29, 1.82) is 0 Å². The van der Waals surface area contributed by atoms with Gasteiger partial charge in [-0.3, -0.25) is 14.5 Å². The fourth-order valence-corrected chi connectivity index (χ4v) is 2.36. The molecule has 4 nitrogen and oxygen atoms in total. The molecule has 0 unspecified atom stereocenters. The van der Waals surface area contributed by atoms with Gasteiger partial charge in [-0.25, -0.2) is 5.48 Å². The first-order valence-corrected chi connectivity index (χ1v) is 8.09. The minimum Gasteiger partial charge on any atom is -0.290 e. The maximum absolute atomic E-state index is 12.0. The van der Waals surface area contributed by atoms with Gasteiger partial charge in [0.1, 0.15) is 0 Å². The Morgan fingerprint density at radius 1 is 1.04 bits per heavy atom. The van der Waals surface area contributed by atoms with Crippen molar-refractivity contribution in [2.24, 2.45) is 0 Å². The van der Waals surface area contributed by atoms with E-state index >= 15 is 0 Å². The van der Waals surface area contributed by atoms with E-state index in [0.717, 1.165) is 18.5 Å². The highest BCUT2D eigenvalue weighted by Gasteiger charge is 2.09. The number of nitrogens with one attached hydrogen (secondary N) is 1. The zero-order chi connectivity index (χ0) is 17.0. The van der Waals surface area contributed by atoms with Gasteiger partial charge in [0.25, 0.3) is 5.91 Å². The quantitative estimate of drug-likeness (QED) is 0.540. The molecule has 0 aliphatic carbocycles. The minimum absolute atomic E-state index is 0.152. The molecular weight excluding hydrogens is 300 g/mol. The first kappa shape index (κ1) is 17.9. The first-order chi connectivity index (χ1) is 11.8. The molecule has 0 bridgehead atoms. The van der Waals surface area contributed by atoms with E-state index in [1.54, 1.807) is 0 Å². The lowest BCUT2D eigenvalue weighted by atomic mass is 10.1. The lowest BCUT2D eigenvalue weighted by molar-refractivity contribution is -0.135. The molecule has 1 amide bonds. The summed E-state index contributed by atoms with van der Waals surface area (Å²) < 4.78 is 0. The number of hydrogen-bond donors (Lipinski definition) is 1. The van der Waals surface area contributed by atoms with Crippen LogP contribution in [0.4, 0.5) is 0 Å². The van der Waals surface area contributed by atoms with Gasteiger partial charge in [0, 0.05) is 13.1 Å². The maximum Gasteiger partial charge on any atom is 0.257 e. The predicted molar refractivity (Wildman–Crippen MR) is 96.2 cm³/mol. The maximum atomic E-state index is 12.0. The zero-order valence-electron chi connectivity index (χ0n) is 13.9. The third-order valence-corrected chi connectivity index (χ3v) is 3.58. The number of amides is 1. The molecule has 0 fully saturated rings. The SMILES string of the molecule is C=CCN(CCc1ccccc1)CC(=O)NOCc1ccccc1. The second-order valence-corrected chi connectivity index (χ2v) is 5.56. The van der Waals surface area contributed by atoms with Crippen molar-refractivity contribution in [3.63, 3.8) is 0 Å². The molecule has 0 radical (unpaired) electrons. The van der Waals surface area contributed by atoms with E-state index in [0.29, 0.717) is 13.2 Å². The van der Waals surface area contributed by atoms with Crippen LogP contribution < -0.4 is 5.48 Å². The molecule has 1 N–H and O–H groups in total. The van der Waals surface area contributed by atoms with E-state index in [1.807, 2.05) is 59.5 Å². The van der Waals surface area contributed by atoms with Crippen LogP contribution in [0.5, 0.6) is 0 Å². The summed E-state index contributed by atoms with van der Waals surface area (Å²) >= 11 is 0. The molecule has 2 aromatic carbocycles. The van der Waals surface area contributed by atoms with Crippen LogP contribution in [0.1, 0.15) is 11.1 Å². The second kappa shape index (κ2) is 10.4. The highest BCUT2D eigenvalue weighted by molar-refractivity contribution is 5.76. The highest BCUT2D eigenvalue weighted by atomic mass is 16.6. The molecule has 24 heavy (non-hydrogen) atoms. The van der Waals surface area contributed by atoms with E-state index < -0.39 is 0 Å². The molecule has 0 spiro atoms. The zero-order valence-corrected chi connectivity index (χ0v) is 13.9. The summed E-state index contributed by atoms with van der Waals surface area (Å²) in [6.07, 6.45) is 2.70. The monoisotopic (exact) mass is 324 g/mol. The Hall–Kier alpha value is -2.43. The van der Waals surface area contributed by atoms with Crippen molar-refractivity contribution in [3.05, 3.63) is 84.4 Å². The van der Waals surface area contributed by atoms with Gasteiger partial charge < -0.3 is 0 Å². The molecule has 0 aromatic heterocycles. The Kier molecular flexibility index (Phi) is 7.74. The van der Waals surface area contributed by atoms with E-state index in [4.69, 9.17) is 4.84 Å². The Morgan fingerprint density at radius 2 is 1.67 bits per heavy atom. The number of carbonyl (C=O) groups excluding carboxylic acids is 1. The van der Waals surface area contributed by atoms with Gasteiger partial charge in [-0.15, -0.1) is 6.58 Å². The van der Waals surface area contributed by atoms with Gasteiger partial charge in [0.15, 0.2) is 0 Å². The van der Waals surface area contributed by atoms with Crippen LogP contribution in [-0.2, 0) is 22.7 Å². The molecule has 0 aliphatic rings. The standard InChI is InChI=1S/C20H24N2O2/c1-2-14-22(15-13-18-9-5-3-6-10-18)16-20(23)21-24-17-19-11-7-4-8-12-19/h2-12H,1,13-17H2,(H,21,23). The molecule has 2 rings (SSSR count). The summed E-state index contributed by atoms with van der Waals surface area (Å²) in [5.74, 6) is -0.152. The first-order valence-electron chi connectivity index (χ1n) is 8.09. The van der Waals surface area contributed by atoms with Crippen LogP contribution in [0, 0.1) is 0 Å². The molecule has 0 saturated heterocycles. The number of nitrogens with zero attached hydrogens (tertiary/aromatic N) is 1. The summed E-state index contributed by atoms with van der Waals surface area (Å²) in [6, 6.07) is 20.0. The number of hydrogen-bond acceptors (Lipinski definition) is 3. The molecule has 0 heterocycles. The van der Waals surface area contributed by atoms with Crippen LogP contribution in [0.25, 0.3) is 0 Å². The van der Waals surface area contributed by atoms with Gasteiger partial charge in [-0.2, -0.15) is 0 Å². The largest absolute Gasteiger partial charge is 0.290 e. The number of rotatable bonds is 10. The smallest absolute Gasteiger partial charge is 0.257 e. The lowest BCUT2D eigenvalue weighted by Gasteiger charge is -2.20. The van der Waals surface area contributed by atoms with Crippen molar-refractivity contribution in [2.45, 2.75) is 13.0 Å². The highest BCUT2D eigenvalue weighted by Crippen LogP contribution is 2.02. The van der Waals surface area contributed by atoms with Crippen LogP contribution in [-0.4, -0.2) is 30.4 Å². The fourth-order valence-electron chi connectivity index (χ4n) is 2.36. The topological polar surface area (TPSA) is 41.6 Å². The minimum atomic E-state index is -0.152. The lowest BCUT2D eigenvalue weighted by Crippen LogP contribution is -2.38. The van der Waals surface area contributed by atoms with E-state index in [-0.39, 0.29) is 12.5 Å². The molecule has 2 aromatic rings. The molecule has 126 valence electrons. The van der Waals surface area contributed by atoms with E-state index in [2.05, 4.69) is 24.2 Å². The van der Waals surface area contributed by atoms with Gasteiger partial charge in [0.2, 0.25) is 0 Å². The van der Waals surface area contributed by atoms with Gasteiger partial charge in [-0.1, -0.05) is 66.7 Å². The van der Waals surface area contributed by atoms with Crippen molar-refractivity contribution in [3.8, 4) is 0 Å². The summed E-state index contributed by atoms with van der Waals surface area (Å²) in [5.41, 5.74) is 4.78. The van der Waals surface area contributed by atoms with Crippen LogP contribution in [0.3, 0.4) is 0 Å². The molecule has 0 aliphatic heterocycles. The Morgan fingerprint density at radius 3 is 2.29 bits per heavy atom. The van der Waals surface area contributed by atoms with Crippen molar-refractivity contribution < 1.29 is 9.63 Å². The van der Waals surface area contributed by atoms with Crippen molar-refractivity contribution in [2.75, 3.05) is 19.6 Å². The Bertz CT molecular complexity index is 614. The van der Waals surface area contributed by atoms with Gasteiger partial charge in [0.05, 0.1) is 13.2 Å². The Labute approximate surface area is 143 Å². The predicted octanol–water partition coefficient (Wildman–Crippen LogP) is 2.97. The third-order valence-electron chi connectivity index (χ3n) is 3.58. The second-order valence-electron chi connectivity index (χ2n) is 5.56.